The minimum Gasteiger partial charge on any atom is -0.365 e. The molecule has 2 aliphatic rings. The third kappa shape index (κ3) is 3.78. The van der Waals surface area contributed by atoms with Gasteiger partial charge in [0.1, 0.15) is 12.0 Å². The number of carbonyl (C=O) groups is 1. The fraction of sp³-hybridized carbons (Fsp3) is 0.625. The third-order valence-electron chi connectivity index (χ3n) is 4.77. The molecule has 0 aromatic carbocycles. The van der Waals surface area contributed by atoms with Crippen LogP contribution in [0.1, 0.15) is 38.5 Å². The van der Waals surface area contributed by atoms with E-state index in [0.717, 1.165) is 25.8 Å². The van der Waals surface area contributed by atoms with Crippen molar-refractivity contribution in [1.82, 2.24) is 9.88 Å². The van der Waals surface area contributed by atoms with Crippen LogP contribution < -0.4 is 5.32 Å². The highest BCUT2D eigenvalue weighted by molar-refractivity contribution is 5.79. The second-order valence-corrected chi connectivity index (χ2v) is 6.41. The van der Waals surface area contributed by atoms with Gasteiger partial charge in [-0.15, -0.1) is 0 Å². The molecule has 3 rings (SSSR count). The maximum absolute atomic E-state index is 12.5. The number of nitrogens with one attached hydrogen (secondary N) is 1. The first-order chi connectivity index (χ1) is 11.1. The van der Waals surface area contributed by atoms with Crippen LogP contribution >= 0.6 is 0 Å². The van der Waals surface area contributed by atoms with E-state index in [1.807, 2.05) is 4.90 Å². The zero-order chi connectivity index (χ0) is 16.2. The summed E-state index contributed by atoms with van der Waals surface area (Å²) in [4.78, 5) is 28.7. The molecule has 2 fully saturated rings. The summed E-state index contributed by atoms with van der Waals surface area (Å²) in [5.41, 5.74) is -0.0175. The Morgan fingerprint density at radius 3 is 2.70 bits per heavy atom. The van der Waals surface area contributed by atoms with Crippen molar-refractivity contribution in [3.8, 4) is 0 Å². The molecule has 0 spiro atoms. The van der Waals surface area contributed by atoms with Gasteiger partial charge >= 0.3 is 0 Å². The largest absolute Gasteiger partial charge is 0.365 e. The minimum absolute atomic E-state index is 0.0175. The summed E-state index contributed by atoms with van der Waals surface area (Å²) in [5.74, 6) is 1.12. The number of rotatable bonds is 4. The van der Waals surface area contributed by atoms with Gasteiger partial charge in [0.25, 0.3) is 5.69 Å². The molecule has 1 aliphatic carbocycles. The number of anilines is 1. The van der Waals surface area contributed by atoms with Crippen molar-refractivity contribution in [2.75, 3.05) is 18.4 Å². The summed E-state index contributed by atoms with van der Waals surface area (Å²) >= 11 is 0. The summed E-state index contributed by atoms with van der Waals surface area (Å²) in [6, 6.07) is 3.22. The van der Waals surface area contributed by atoms with Crippen molar-refractivity contribution in [1.29, 1.82) is 0 Å². The number of likely N-dealkylation sites (tertiary alicyclic amines) is 1. The Kier molecular flexibility index (Phi) is 4.73. The van der Waals surface area contributed by atoms with Crippen molar-refractivity contribution in [3.05, 3.63) is 28.4 Å². The first-order valence-corrected chi connectivity index (χ1v) is 8.29. The number of hydrogen-bond acceptors (Lipinski definition) is 5. The quantitative estimate of drug-likeness (QED) is 0.681. The molecule has 0 bridgehead atoms. The maximum atomic E-state index is 12.5. The van der Waals surface area contributed by atoms with Gasteiger partial charge in [-0.05, 0) is 25.3 Å². The molecule has 1 saturated heterocycles. The predicted molar refractivity (Wildman–Crippen MR) is 86.1 cm³/mol. The molecule has 7 heteroatoms. The Morgan fingerprint density at radius 1 is 1.26 bits per heavy atom. The van der Waals surface area contributed by atoms with Crippen molar-refractivity contribution < 1.29 is 9.72 Å². The van der Waals surface area contributed by atoms with Crippen LogP contribution in [-0.4, -0.2) is 39.8 Å². The highest BCUT2D eigenvalue weighted by atomic mass is 16.6. The van der Waals surface area contributed by atoms with Crippen LogP contribution in [0.3, 0.4) is 0 Å². The Balaban J connectivity index is 1.53. The third-order valence-corrected chi connectivity index (χ3v) is 4.77. The fourth-order valence-corrected chi connectivity index (χ4v) is 3.47. The van der Waals surface area contributed by atoms with E-state index in [1.54, 1.807) is 6.07 Å². The lowest BCUT2D eigenvalue weighted by Crippen LogP contribution is -2.36. The normalized spacial score (nSPS) is 22.1. The molecular weight excluding hydrogens is 296 g/mol. The first-order valence-electron chi connectivity index (χ1n) is 8.29. The van der Waals surface area contributed by atoms with E-state index in [0.29, 0.717) is 18.3 Å². The summed E-state index contributed by atoms with van der Waals surface area (Å²) in [7, 11) is 0. The van der Waals surface area contributed by atoms with Crippen LogP contribution in [0.5, 0.6) is 0 Å². The highest BCUT2D eigenvalue weighted by Gasteiger charge is 2.31. The van der Waals surface area contributed by atoms with Gasteiger partial charge in [-0.2, -0.15) is 0 Å². The van der Waals surface area contributed by atoms with Gasteiger partial charge in [0.15, 0.2) is 0 Å². The summed E-state index contributed by atoms with van der Waals surface area (Å²) in [6.45, 7) is 1.47. The molecule has 0 unspecified atom stereocenters. The zero-order valence-electron chi connectivity index (χ0n) is 13.1. The van der Waals surface area contributed by atoms with Crippen molar-refractivity contribution in [2.24, 2.45) is 5.92 Å². The summed E-state index contributed by atoms with van der Waals surface area (Å²) in [5, 5.41) is 13.9. The number of hydrogen-bond donors (Lipinski definition) is 1. The van der Waals surface area contributed by atoms with E-state index in [4.69, 9.17) is 0 Å². The van der Waals surface area contributed by atoms with Gasteiger partial charge in [-0.1, -0.05) is 19.3 Å². The average molecular weight is 318 g/mol. The van der Waals surface area contributed by atoms with E-state index in [-0.39, 0.29) is 17.6 Å². The molecule has 0 radical (unpaired) electrons. The number of aromatic nitrogens is 1. The van der Waals surface area contributed by atoms with Crippen molar-refractivity contribution in [2.45, 2.75) is 44.6 Å². The Hall–Kier alpha value is -2.18. The highest BCUT2D eigenvalue weighted by Crippen LogP contribution is 2.27. The Morgan fingerprint density at radius 2 is 2.04 bits per heavy atom. The zero-order valence-corrected chi connectivity index (χ0v) is 13.1. The number of amides is 1. The Bertz CT molecular complexity index is 569. The molecule has 7 nitrogen and oxygen atoms in total. The predicted octanol–water partition coefficient (Wildman–Crippen LogP) is 2.58. The molecule has 1 N–H and O–H groups in total. The molecular formula is C16H22N4O3. The first kappa shape index (κ1) is 15.7. The van der Waals surface area contributed by atoms with Crippen LogP contribution in [0.25, 0.3) is 0 Å². The van der Waals surface area contributed by atoms with Crippen molar-refractivity contribution in [3.63, 3.8) is 0 Å². The van der Waals surface area contributed by atoms with Crippen LogP contribution in [0.15, 0.2) is 18.3 Å². The molecule has 124 valence electrons. The molecule has 1 aliphatic heterocycles. The smallest absolute Gasteiger partial charge is 0.287 e. The van der Waals surface area contributed by atoms with Gasteiger partial charge < -0.3 is 10.2 Å². The number of carbonyl (C=O) groups excluding carboxylic acids is 1. The molecule has 1 saturated carbocycles. The molecule has 1 aromatic rings. The monoisotopic (exact) mass is 318 g/mol. The van der Waals surface area contributed by atoms with Gasteiger partial charge in [0.2, 0.25) is 5.91 Å². The van der Waals surface area contributed by atoms with E-state index >= 15 is 0 Å². The summed E-state index contributed by atoms with van der Waals surface area (Å²) < 4.78 is 0. The van der Waals surface area contributed by atoms with Crippen LogP contribution in [0.2, 0.25) is 0 Å². The van der Waals surface area contributed by atoms with E-state index < -0.39 is 4.92 Å². The average Bonchev–Trinajstić information content (AvgIpc) is 3.04. The van der Waals surface area contributed by atoms with Crippen molar-refractivity contribution >= 4 is 17.4 Å². The minimum atomic E-state index is -0.461. The van der Waals surface area contributed by atoms with Crippen LogP contribution in [0.4, 0.5) is 11.5 Å². The molecule has 1 atom stereocenters. The van der Waals surface area contributed by atoms with E-state index in [2.05, 4.69) is 10.3 Å². The Labute approximate surface area is 135 Å². The maximum Gasteiger partial charge on any atom is 0.287 e. The molecule has 1 amide bonds. The fourth-order valence-electron chi connectivity index (χ4n) is 3.47. The molecule has 23 heavy (non-hydrogen) atoms. The SMILES string of the molecule is O=C(C1CCCCC1)N1CC[C@H](Nc2ccc([N+](=O)[O-])cn2)C1. The van der Waals surface area contributed by atoms with E-state index in [1.165, 1.54) is 31.5 Å². The molecule has 1 aromatic heterocycles. The second kappa shape index (κ2) is 6.93. The summed E-state index contributed by atoms with van der Waals surface area (Å²) in [6.07, 6.45) is 7.77. The molecule has 2 heterocycles. The lowest BCUT2D eigenvalue weighted by molar-refractivity contribution is -0.385. The lowest BCUT2D eigenvalue weighted by Gasteiger charge is -2.26. The van der Waals surface area contributed by atoms with Crippen LogP contribution in [0, 0.1) is 16.0 Å². The number of nitro groups is 1. The topological polar surface area (TPSA) is 88.4 Å². The van der Waals surface area contributed by atoms with Gasteiger partial charge in [-0.3, -0.25) is 14.9 Å². The van der Waals surface area contributed by atoms with Crippen LogP contribution in [-0.2, 0) is 4.79 Å². The van der Waals surface area contributed by atoms with Gasteiger partial charge in [-0.25, -0.2) is 4.98 Å². The second-order valence-electron chi connectivity index (χ2n) is 6.41. The lowest BCUT2D eigenvalue weighted by atomic mass is 9.88. The van der Waals surface area contributed by atoms with E-state index in [9.17, 15) is 14.9 Å². The number of pyridine rings is 1. The number of nitrogens with zero attached hydrogens (tertiary/aromatic N) is 3. The standard InChI is InChI=1S/C16H22N4O3/c21-16(12-4-2-1-3-5-12)19-9-8-13(11-19)18-15-7-6-14(10-17-15)20(22)23/h6-7,10,12-13H,1-5,8-9,11H2,(H,17,18)/t13-/m0/s1. The van der Waals surface area contributed by atoms with Gasteiger partial charge in [0, 0.05) is 31.1 Å². The van der Waals surface area contributed by atoms with Gasteiger partial charge in [0.05, 0.1) is 4.92 Å².